The highest BCUT2D eigenvalue weighted by Crippen LogP contribution is 2.17. The van der Waals surface area contributed by atoms with Gasteiger partial charge in [-0.2, -0.15) is 0 Å². The van der Waals surface area contributed by atoms with Crippen LogP contribution in [0.1, 0.15) is 27.4 Å². The van der Waals surface area contributed by atoms with Crippen molar-refractivity contribution in [3.63, 3.8) is 0 Å². The Hall–Kier alpha value is -2.56. The number of carbonyl (C=O) groups is 2. The highest BCUT2D eigenvalue weighted by Gasteiger charge is 2.22. The molecule has 1 aromatic heterocycles. The van der Waals surface area contributed by atoms with Crippen molar-refractivity contribution in [1.29, 1.82) is 0 Å². The lowest BCUT2D eigenvalue weighted by molar-refractivity contribution is -0.137. The molecule has 2 aromatic rings. The Bertz CT molecular complexity index is 646. The van der Waals surface area contributed by atoms with Crippen LogP contribution in [0.15, 0.2) is 40.8 Å². The fourth-order valence-corrected chi connectivity index (χ4v) is 2.18. The van der Waals surface area contributed by atoms with Crippen molar-refractivity contribution in [2.24, 2.45) is 0 Å². The van der Waals surface area contributed by atoms with Gasteiger partial charge in [0.1, 0.15) is 18.1 Å². The van der Waals surface area contributed by atoms with E-state index >= 15 is 0 Å². The van der Waals surface area contributed by atoms with Crippen molar-refractivity contribution in [2.45, 2.75) is 20.4 Å². The largest absolute Gasteiger partial charge is 0.480 e. The van der Waals surface area contributed by atoms with Crippen molar-refractivity contribution in [3.05, 3.63) is 59.0 Å². The van der Waals surface area contributed by atoms with Gasteiger partial charge in [-0.1, -0.05) is 30.3 Å². The summed E-state index contributed by atoms with van der Waals surface area (Å²) in [5.41, 5.74) is 1.29. The number of nitrogens with zero attached hydrogens (tertiary/aromatic N) is 1. The molecule has 2 rings (SSSR count). The highest BCUT2D eigenvalue weighted by atomic mass is 16.4. The van der Waals surface area contributed by atoms with Crippen LogP contribution >= 0.6 is 0 Å². The second kappa shape index (κ2) is 6.26. The standard InChI is InChI=1S/C16H17NO4/c1-11-8-14(12(2)21-11)16(20)17(10-15(18)19)9-13-6-4-3-5-7-13/h3-8H,9-10H2,1-2H3,(H,18,19). The van der Waals surface area contributed by atoms with E-state index in [1.54, 1.807) is 19.9 Å². The van der Waals surface area contributed by atoms with Crippen LogP contribution in [-0.4, -0.2) is 28.4 Å². The second-order valence-corrected chi connectivity index (χ2v) is 4.87. The van der Waals surface area contributed by atoms with Gasteiger partial charge in [0.25, 0.3) is 5.91 Å². The minimum atomic E-state index is -1.04. The number of rotatable bonds is 5. The molecule has 5 nitrogen and oxygen atoms in total. The van der Waals surface area contributed by atoms with Crippen LogP contribution in [-0.2, 0) is 11.3 Å². The van der Waals surface area contributed by atoms with E-state index in [0.29, 0.717) is 17.1 Å². The lowest BCUT2D eigenvalue weighted by Crippen LogP contribution is -2.35. The molecule has 1 heterocycles. The number of furan rings is 1. The van der Waals surface area contributed by atoms with E-state index in [-0.39, 0.29) is 19.0 Å². The molecular weight excluding hydrogens is 270 g/mol. The maximum atomic E-state index is 12.5. The molecule has 0 aliphatic rings. The number of amides is 1. The molecule has 0 bridgehead atoms. The second-order valence-electron chi connectivity index (χ2n) is 4.87. The molecule has 1 amide bonds. The molecular formula is C16H17NO4. The molecule has 110 valence electrons. The quantitative estimate of drug-likeness (QED) is 0.917. The average Bonchev–Trinajstić information content (AvgIpc) is 2.77. The predicted octanol–water partition coefficient (Wildman–Crippen LogP) is 2.62. The fourth-order valence-electron chi connectivity index (χ4n) is 2.18. The lowest BCUT2D eigenvalue weighted by atomic mass is 10.1. The molecule has 5 heteroatoms. The predicted molar refractivity (Wildman–Crippen MR) is 77.0 cm³/mol. The zero-order chi connectivity index (χ0) is 15.4. The summed E-state index contributed by atoms with van der Waals surface area (Å²) in [4.78, 5) is 24.8. The molecule has 0 saturated carbocycles. The van der Waals surface area contributed by atoms with Gasteiger partial charge in [0.2, 0.25) is 0 Å². The van der Waals surface area contributed by atoms with Crippen LogP contribution in [0.25, 0.3) is 0 Å². The summed E-state index contributed by atoms with van der Waals surface area (Å²) >= 11 is 0. The van der Waals surface area contributed by atoms with E-state index < -0.39 is 5.97 Å². The fraction of sp³-hybridized carbons (Fsp3) is 0.250. The van der Waals surface area contributed by atoms with Crippen LogP contribution in [0.5, 0.6) is 0 Å². The van der Waals surface area contributed by atoms with Crippen molar-refractivity contribution < 1.29 is 19.1 Å². The number of carboxylic acids is 1. The number of hydrogen-bond acceptors (Lipinski definition) is 3. The molecule has 0 aliphatic carbocycles. The molecule has 21 heavy (non-hydrogen) atoms. The summed E-state index contributed by atoms with van der Waals surface area (Å²) in [5, 5.41) is 9.01. The van der Waals surface area contributed by atoms with Crippen molar-refractivity contribution >= 4 is 11.9 Å². The van der Waals surface area contributed by atoms with Crippen molar-refractivity contribution in [2.75, 3.05) is 6.54 Å². The van der Waals surface area contributed by atoms with Gasteiger partial charge in [0.15, 0.2) is 0 Å². The van der Waals surface area contributed by atoms with Gasteiger partial charge >= 0.3 is 5.97 Å². The maximum absolute atomic E-state index is 12.5. The number of carbonyl (C=O) groups excluding carboxylic acids is 1. The Morgan fingerprint density at radius 1 is 1.19 bits per heavy atom. The first-order valence-corrected chi connectivity index (χ1v) is 6.59. The summed E-state index contributed by atoms with van der Waals surface area (Å²) in [6.07, 6.45) is 0. The van der Waals surface area contributed by atoms with E-state index in [1.807, 2.05) is 30.3 Å². The van der Waals surface area contributed by atoms with Crippen LogP contribution in [0, 0.1) is 13.8 Å². The van der Waals surface area contributed by atoms with Gasteiger partial charge in [-0.25, -0.2) is 0 Å². The molecule has 1 aromatic carbocycles. The Kier molecular flexibility index (Phi) is 4.42. The molecule has 0 fully saturated rings. The normalized spacial score (nSPS) is 10.4. The number of carboxylic acid groups (broad SMARTS) is 1. The third kappa shape index (κ3) is 3.72. The molecule has 0 unspecified atom stereocenters. The van der Waals surface area contributed by atoms with Crippen LogP contribution in [0.2, 0.25) is 0 Å². The lowest BCUT2D eigenvalue weighted by Gasteiger charge is -2.20. The van der Waals surface area contributed by atoms with E-state index in [4.69, 9.17) is 9.52 Å². The van der Waals surface area contributed by atoms with Gasteiger partial charge in [0, 0.05) is 6.54 Å². The van der Waals surface area contributed by atoms with Gasteiger partial charge in [-0.05, 0) is 25.5 Å². The van der Waals surface area contributed by atoms with E-state index in [1.165, 1.54) is 4.90 Å². The Labute approximate surface area is 122 Å². The summed E-state index contributed by atoms with van der Waals surface area (Å²) in [5.74, 6) is -0.250. The maximum Gasteiger partial charge on any atom is 0.323 e. The molecule has 0 spiro atoms. The molecule has 0 saturated heterocycles. The zero-order valence-corrected chi connectivity index (χ0v) is 12.0. The Morgan fingerprint density at radius 3 is 2.38 bits per heavy atom. The van der Waals surface area contributed by atoms with E-state index in [0.717, 1.165) is 5.56 Å². The van der Waals surface area contributed by atoms with Crippen molar-refractivity contribution in [3.8, 4) is 0 Å². The summed E-state index contributed by atoms with van der Waals surface area (Å²) < 4.78 is 5.35. The average molecular weight is 287 g/mol. The van der Waals surface area contributed by atoms with Crippen LogP contribution in [0.3, 0.4) is 0 Å². The van der Waals surface area contributed by atoms with Gasteiger partial charge in [-0.3, -0.25) is 9.59 Å². The molecule has 0 atom stereocenters. The smallest absolute Gasteiger partial charge is 0.323 e. The summed E-state index contributed by atoms with van der Waals surface area (Å²) in [6.45, 7) is 3.34. The first kappa shape index (κ1) is 14.8. The number of hydrogen-bond donors (Lipinski definition) is 1. The van der Waals surface area contributed by atoms with E-state index in [2.05, 4.69) is 0 Å². The zero-order valence-electron chi connectivity index (χ0n) is 12.0. The Morgan fingerprint density at radius 2 is 1.86 bits per heavy atom. The molecule has 0 radical (unpaired) electrons. The van der Waals surface area contributed by atoms with Gasteiger partial charge < -0.3 is 14.4 Å². The SMILES string of the molecule is Cc1cc(C(=O)N(CC(=O)O)Cc2ccccc2)c(C)o1. The van der Waals surface area contributed by atoms with E-state index in [9.17, 15) is 9.59 Å². The topological polar surface area (TPSA) is 70.8 Å². The molecule has 0 aliphatic heterocycles. The third-order valence-corrected chi connectivity index (χ3v) is 3.10. The third-order valence-electron chi connectivity index (χ3n) is 3.10. The van der Waals surface area contributed by atoms with Gasteiger partial charge in [0.05, 0.1) is 5.56 Å². The first-order valence-electron chi connectivity index (χ1n) is 6.59. The van der Waals surface area contributed by atoms with Crippen LogP contribution < -0.4 is 0 Å². The highest BCUT2D eigenvalue weighted by molar-refractivity contribution is 5.96. The number of aliphatic carboxylic acids is 1. The molecule has 1 N–H and O–H groups in total. The van der Waals surface area contributed by atoms with Gasteiger partial charge in [-0.15, -0.1) is 0 Å². The number of aryl methyl sites for hydroxylation is 2. The minimum absolute atomic E-state index is 0.246. The Balaban J connectivity index is 2.25. The first-order chi connectivity index (χ1) is 9.97. The monoisotopic (exact) mass is 287 g/mol. The number of benzene rings is 1. The summed E-state index contributed by atoms with van der Waals surface area (Å²) in [6, 6.07) is 10.9. The minimum Gasteiger partial charge on any atom is -0.480 e. The van der Waals surface area contributed by atoms with Crippen molar-refractivity contribution in [1.82, 2.24) is 4.90 Å². The van der Waals surface area contributed by atoms with Crippen LogP contribution in [0.4, 0.5) is 0 Å². The summed E-state index contributed by atoms with van der Waals surface area (Å²) in [7, 11) is 0.